The van der Waals surface area contributed by atoms with E-state index in [1.165, 1.54) is 16.2 Å². The van der Waals surface area contributed by atoms with Crippen LogP contribution >= 0.6 is 23.1 Å². The molecule has 4 heteroatoms. The summed E-state index contributed by atoms with van der Waals surface area (Å²) < 4.78 is 0. The first-order chi connectivity index (χ1) is 7.22. The molecule has 2 atom stereocenters. The highest BCUT2D eigenvalue weighted by Crippen LogP contribution is 2.36. The number of hydrogen-bond acceptors (Lipinski definition) is 4. The van der Waals surface area contributed by atoms with Crippen molar-refractivity contribution in [3.8, 4) is 0 Å². The largest absolute Gasteiger partial charge is 0.387 e. The second-order valence-electron chi connectivity index (χ2n) is 4.06. The van der Waals surface area contributed by atoms with Crippen molar-refractivity contribution in [2.24, 2.45) is 11.7 Å². The SMILES string of the molecule is CC(CN)C(O)c1cc2c(s1)CCSC2. The molecule has 2 rings (SSSR count). The van der Waals surface area contributed by atoms with Gasteiger partial charge in [-0.05, 0) is 36.3 Å². The van der Waals surface area contributed by atoms with Crippen molar-refractivity contribution >= 4 is 23.1 Å². The van der Waals surface area contributed by atoms with Crippen molar-refractivity contribution in [1.29, 1.82) is 0 Å². The molecular formula is C11H17NOS2. The number of nitrogens with two attached hydrogens (primary N) is 1. The van der Waals surface area contributed by atoms with Gasteiger partial charge in [-0.15, -0.1) is 11.3 Å². The van der Waals surface area contributed by atoms with Gasteiger partial charge in [0.15, 0.2) is 0 Å². The van der Waals surface area contributed by atoms with Crippen molar-refractivity contribution in [3.63, 3.8) is 0 Å². The predicted molar refractivity (Wildman–Crippen MR) is 67.4 cm³/mol. The monoisotopic (exact) mass is 243 g/mol. The number of rotatable bonds is 3. The van der Waals surface area contributed by atoms with Crippen molar-refractivity contribution in [1.82, 2.24) is 0 Å². The van der Waals surface area contributed by atoms with E-state index in [1.807, 2.05) is 18.7 Å². The van der Waals surface area contributed by atoms with E-state index in [0.717, 1.165) is 17.1 Å². The van der Waals surface area contributed by atoms with Gasteiger partial charge in [-0.3, -0.25) is 0 Å². The molecule has 1 aromatic rings. The fraction of sp³-hybridized carbons (Fsp3) is 0.636. The second kappa shape index (κ2) is 4.87. The Morgan fingerprint density at radius 3 is 3.07 bits per heavy atom. The number of hydrogen-bond donors (Lipinski definition) is 2. The molecule has 84 valence electrons. The molecule has 1 aliphatic heterocycles. The van der Waals surface area contributed by atoms with Gasteiger partial charge in [-0.25, -0.2) is 0 Å². The Balaban J connectivity index is 2.18. The maximum Gasteiger partial charge on any atom is 0.0919 e. The lowest BCUT2D eigenvalue weighted by molar-refractivity contribution is 0.125. The lowest BCUT2D eigenvalue weighted by Crippen LogP contribution is -2.18. The fourth-order valence-electron chi connectivity index (χ4n) is 1.73. The molecule has 0 radical (unpaired) electrons. The number of aliphatic hydroxyl groups is 1. The Bertz CT molecular complexity index is 314. The number of aryl methyl sites for hydroxylation is 1. The minimum Gasteiger partial charge on any atom is -0.387 e. The Kier molecular flexibility index (Phi) is 3.72. The Morgan fingerprint density at radius 2 is 2.40 bits per heavy atom. The summed E-state index contributed by atoms with van der Waals surface area (Å²) in [6.45, 7) is 2.54. The average Bonchev–Trinajstić information content (AvgIpc) is 2.70. The lowest BCUT2D eigenvalue weighted by atomic mass is 10.0. The first-order valence-electron chi connectivity index (χ1n) is 5.29. The van der Waals surface area contributed by atoms with Crippen molar-refractivity contribution in [2.75, 3.05) is 12.3 Å². The maximum atomic E-state index is 10.1. The topological polar surface area (TPSA) is 46.2 Å². The number of thioether (sulfide) groups is 1. The highest BCUT2D eigenvalue weighted by atomic mass is 32.2. The van der Waals surface area contributed by atoms with Crippen LogP contribution < -0.4 is 5.73 Å². The predicted octanol–water partition coefficient (Wildman–Crippen LogP) is 2.17. The van der Waals surface area contributed by atoms with Crippen LogP contribution in [0.2, 0.25) is 0 Å². The van der Waals surface area contributed by atoms with Gasteiger partial charge >= 0.3 is 0 Å². The van der Waals surface area contributed by atoms with Gasteiger partial charge < -0.3 is 10.8 Å². The van der Waals surface area contributed by atoms with Gasteiger partial charge in [0.1, 0.15) is 0 Å². The fourth-order valence-corrected chi connectivity index (χ4v) is 4.22. The molecule has 0 bridgehead atoms. The molecule has 1 aliphatic rings. The molecule has 2 unspecified atom stereocenters. The summed E-state index contributed by atoms with van der Waals surface area (Å²) in [7, 11) is 0. The minimum atomic E-state index is -0.379. The van der Waals surface area contributed by atoms with Crippen LogP contribution in [0.1, 0.15) is 28.3 Å². The smallest absolute Gasteiger partial charge is 0.0919 e. The Labute approximate surface area is 98.9 Å². The number of aliphatic hydroxyl groups excluding tert-OH is 1. The summed E-state index contributed by atoms with van der Waals surface area (Å²) in [5.74, 6) is 2.48. The lowest BCUT2D eigenvalue weighted by Gasteiger charge is -2.14. The molecule has 0 amide bonds. The number of fused-ring (bicyclic) bond motifs is 1. The first-order valence-corrected chi connectivity index (χ1v) is 7.27. The van der Waals surface area contributed by atoms with Crippen molar-refractivity contribution in [3.05, 3.63) is 21.4 Å². The van der Waals surface area contributed by atoms with Crippen LogP contribution in [-0.4, -0.2) is 17.4 Å². The normalized spacial score (nSPS) is 19.7. The van der Waals surface area contributed by atoms with Crippen LogP contribution in [0.15, 0.2) is 6.07 Å². The van der Waals surface area contributed by atoms with Gasteiger partial charge in [0.2, 0.25) is 0 Å². The second-order valence-corrected chi connectivity index (χ2v) is 6.33. The minimum absolute atomic E-state index is 0.151. The molecule has 2 nitrogen and oxygen atoms in total. The van der Waals surface area contributed by atoms with Crippen LogP contribution in [0.3, 0.4) is 0 Å². The summed E-state index contributed by atoms with van der Waals surface area (Å²) in [6.07, 6.45) is 0.782. The van der Waals surface area contributed by atoms with E-state index < -0.39 is 0 Å². The van der Waals surface area contributed by atoms with Crippen LogP contribution in [0.5, 0.6) is 0 Å². The van der Waals surface area contributed by atoms with Crippen LogP contribution in [-0.2, 0) is 12.2 Å². The van der Waals surface area contributed by atoms with Gasteiger partial charge in [-0.1, -0.05) is 6.92 Å². The summed E-state index contributed by atoms with van der Waals surface area (Å²) in [5, 5.41) is 10.1. The van der Waals surface area contributed by atoms with Crippen LogP contribution in [0, 0.1) is 5.92 Å². The number of thiophene rings is 1. The molecule has 0 fully saturated rings. The summed E-state index contributed by atoms with van der Waals surface area (Å²) >= 11 is 3.75. The average molecular weight is 243 g/mol. The zero-order valence-electron chi connectivity index (χ0n) is 8.90. The van der Waals surface area contributed by atoms with E-state index in [9.17, 15) is 5.11 Å². The van der Waals surface area contributed by atoms with Gasteiger partial charge in [0.05, 0.1) is 6.10 Å². The Hall–Kier alpha value is -0.0300. The first kappa shape index (κ1) is 11.5. The van der Waals surface area contributed by atoms with E-state index in [2.05, 4.69) is 6.07 Å². The molecule has 2 heterocycles. The van der Waals surface area contributed by atoms with E-state index in [4.69, 9.17) is 5.73 Å². The third-order valence-corrected chi connectivity index (χ3v) is 5.16. The third kappa shape index (κ3) is 2.38. The van der Waals surface area contributed by atoms with E-state index in [0.29, 0.717) is 6.54 Å². The molecular weight excluding hydrogens is 226 g/mol. The van der Waals surface area contributed by atoms with Gasteiger partial charge in [0.25, 0.3) is 0 Å². The molecule has 3 N–H and O–H groups in total. The summed E-state index contributed by atoms with van der Waals surface area (Å²) in [4.78, 5) is 2.56. The van der Waals surface area contributed by atoms with Gasteiger partial charge in [-0.2, -0.15) is 11.8 Å². The van der Waals surface area contributed by atoms with Gasteiger partial charge in [0, 0.05) is 15.5 Å². The highest BCUT2D eigenvalue weighted by molar-refractivity contribution is 7.98. The van der Waals surface area contributed by atoms with E-state index >= 15 is 0 Å². The molecule has 0 aliphatic carbocycles. The zero-order valence-corrected chi connectivity index (χ0v) is 10.5. The highest BCUT2D eigenvalue weighted by Gasteiger charge is 2.21. The van der Waals surface area contributed by atoms with E-state index in [-0.39, 0.29) is 12.0 Å². The summed E-state index contributed by atoms with van der Waals surface area (Å²) in [6, 6.07) is 2.17. The third-order valence-electron chi connectivity index (χ3n) is 2.85. The molecule has 0 spiro atoms. The van der Waals surface area contributed by atoms with Crippen molar-refractivity contribution < 1.29 is 5.11 Å². The Morgan fingerprint density at radius 1 is 1.60 bits per heavy atom. The molecule has 1 aromatic heterocycles. The van der Waals surface area contributed by atoms with E-state index in [1.54, 1.807) is 11.3 Å². The van der Waals surface area contributed by atoms with Crippen LogP contribution in [0.25, 0.3) is 0 Å². The molecule has 15 heavy (non-hydrogen) atoms. The van der Waals surface area contributed by atoms with Crippen LogP contribution in [0.4, 0.5) is 0 Å². The summed E-state index contributed by atoms with van der Waals surface area (Å²) in [5.41, 5.74) is 7.00. The molecule has 0 aromatic carbocycles. The molecule has 0 saturated carbocycles. The molecule has 0 saturated heterocycles. The standard InChI is InChI=1S/C11H17NOS2/c1-7(5-12)11(13)10-4-8-6-14-3-2-9(8)15-10/h4,7,11,13H,2-3,5-6,12H2,1H3. The maximum absolute atomic E-state index is 10.1. The van der Waals surface area contributed by atoms with Crippen molar-refractivity contribution in [2.45, 2.75) is 25.2 Å². The zero-order chi connectivity index (χ0) is 10.8. The quantitative estimate of drug-likeness (QED) is 0.855.